The molecule has 0 aliphatic heterocycles. The maximum absolute atomic E-state index is 5.50. The van der Waals surface area contributed by atoms with E-state index in [1.807, 2.05) is 42.5 Å². The molecule has 0 spiro atoms. The number of hydrogen-bond donors (Lipinski definition) is 0. The summed E-state index contributed by atoms with van der Waals surface area (Å²) in [5, 5.41) is 0. The summed E-state index contributed by atoms with van der Waals surface area (Å²) in [5.74, 6) is 0.704. The molecule has 0 unspecified atom stereocenters. The summed E-state index contributed by atoms with van der Waals surface area (Å²) in [7, 11) is 0. The van der Waals surface area contributed by atoms with Crippen molar-refractivity contribution in [3.63, 3.8) is 0 Å². The maximum atomic E-state index is 5.50. The largest absolute Gasteiger partial charge is 0.373 e. The van der Waals surface area contributed by atoms with Crippen LogP contribution in [0.15, 0.2) is 54.9 Å². The van der Waals surface area contributed by atoms with Gasteiger partial charge in [0.25, 0.3) is 0 Å². The first-order valence-corrected chi connectivity index (χ1v) is 5.50. The van der Waals surface area contributed by atoms with Gasteiger partial charge in [0.1, 0.15) is 0 Å². The minimum Gasteiger partial charge on any atom is -0.373 e. The van der Waals surface area contributed by atoms with Crippen LogP contribution in [0, 0.1) is 0 Å². The number of rotatable bonds is 5. The first-order valence-electron chi connectivity index (χ1n) is 5.50. The zero-order valence-corrected chi connectivity index (χ0v) is 9.49. The fraction of sp³-hybridized carbons (Fsp3) is 0.143. The van der Waals surface area contributed by atoms with Crippen molar-refractivity contribution in [1.29, 1.82) is 0 Å². The first-order chi connectivity index (χ1) is 8.45. The maximum Gasteiger partial charge on any atom is 0.151 e. The van der Waals surface area contributed by atoms with Crippen LogP contribution in [0.25, 0.3) is 6.08 Å². The lowest BCUT2D eigenvalue weighted by molar-refractivity contribution is 0.149. The summed E-state index contributed by atoms with van der Waals surface area (Å²) in [6.45, 7) is 1.19. The van der Waals surface area contributed by atoms with Gasteiger partial charge in [0, 0.05) is 12.4 Å². The van der Waals surface area contributed by atoms with E-state index >= 15 is 0 Å². The molecule has 0 amide bonds. The third-order valence-electron chi connectivity index (χ3n) is 2.18. The fourth-order valence-electron chi connectivity index (χ4n) is 1.37. The lowest BCUT2D eigenvalue weighted by Crippen LogP contribution is -1.92. The van der Waals surface area contributed by atoms with E-state index in [-0.39, 0.29) is 0 Å². The van der Waals surface area contributed by atoms with Crippen LogP contribution in [0.3, 0.4) is 0 Å². The Balaban J connectivity index is 1.72. The molecule has 0 saturated heterocycles. The minimum absolute atomic E-state index is 0.563. The standard InChI is InChI=1S/C14H14N2O/c1-2-6-13(7-3-1)12-17-11-4-8-14-15-9-5-10-16-14/h1-10H,11-12H2/b8-4+. The molecule has 0 saturated carbocycles. The Morgan fingerprint density at radius 1 is 1.00 bits per heavy atom. The Kier molecular flexibility index (Phi) is 4.43. The molecular formula is C14H14N2O. The van der Waals surface area contributed by atoms with E-state index in [0.29, 0.717) is 19.0 Å². The van der Waals surface area contributed by atoms with Crippen molar-refractivity contribution in [2.24, 2.45) is 0 Å². The zero-order chi connectivity index (χ0) is 11.8. The second-order valence-electron chi connectivity index (χ2n) is 3.51. The predicted molar refractivity (Wildman–Crippen MR) is 67.2 cm³/mol. The highest BCUT2D eigenvalue weighted by atomic mass is 16.5. The lowest BCUT2D eigenvalue weighted by Gasteiger charge is -2.00. The molecule has 0 aliphatic carbocycles. The highest BCUT2D eigenvalue weighted by Crippen LogP contribution is 2.00. The van der Waals surface area contributed by atoms with E-state index in [1.165, 1.54) is 5.56 Å². The molecular weight excluding hydrogens is 212 g/mol. The highest BCUT2D eigenvalue weighted by Gasteiger charge is 1.90. The zero-order valence-electron chi connectivity index (χ0n) is 9.49. The van der Waals surface area contributed by atoms with Crippen LogP contribution >= 0.6 is 0 Å². The quantitative estimate of drug-likeness (QED) is 0.735. The van der Waals surface area contributed by atoms with Crippen molar-refractivity contribution in [3.05, 3.63) is 66.3 Å². The fourth-order valence-corrected chi connectivity index (χ4v) is 1.37. The summed E-state index contributed by atoms with van der Waals surface area (Å²) >= 11 is 0. The van der Waals surface area contributed by atoms with Crippen LogP contribution in [-0.2, 0) is 11.3 Å². The van der Waals surface area contributed by atoms with E-state index in [2.05, 4.69) is 9.97 Å². The molecule has 1 heterocycles. The molecule has 0 radical (unpaired) electrons. The normalized spacial score (nSPS) is 10.8. The van der Waals surface area contributed by atoms with Gasteiger partial charge in [-0.3, -0.25) is 0 Å². The predicted octanol–water partition coefficient (Wildman–Crippen LogP) is 2.71. The van der Waals surface area contributed by atoms with Crippen molar-refractivity contribution in [2.45, 2.75) is 6.61 Å². The van der Waals surface area contributed by atoms with E-state index in [4.69, 9.17) is 4.74 Å². The van der Waals surface area contributed by atoms with Gasteiger partial charge < -0.3 is 4.74 Å². The smallest absolute Gasteiger partial charge is 0.151 e. The van der Waals surface area contributed by atoms with Crippen LogP contribution in [0.1, 0.15) is 11.4 Å². The van der Waals surface area contributed by atoms with Crippen molar-refractivity contribution in [2.75, 3.05) is 6.61 Å². The van der Waals surface area contributed by atoms with Gasteiger partial charge in [-0.15, -0.1) is 0 Å². The molecule has 3 heteroatoms. The summed E-state index contributed by atoms with van der Waals surface area (Å²) in [4.78, 5) is 8.16. The Hall–Kier alpha value is -2.00. The topological polar surface area (TPSA) is 35.0 Å². The number of ether oxygens (including phenoxy) is 1. The minimum atomic E-state index is 0.563. The Bertz CT molecular complexity index is 454. The van der Waals surface area contributed by atoms with E-state index in [9.17, 15) is 0 Å². The second kappa shape index (κ2) is 6.55. The molecule has 17 heavy (non-hydrogen) atoms. The second-order valence-corrected chi connectivity index (χ2v) is 3.51. The van der Waals surface area contributed by atoms with Gasteiger partial charge in [0.15, 0.2) is 5.82 Å². The van der Waals surface area contributed by atoms with Crippen LogP contribution < -0.4 is 0 Å². The molecule has 0 bridgehead atoms. The van der Waals surface area contributed by atoms with Crippen LogP contribution in [0.4, 0.5) is 0 Å². The van der Waals surface area contributed by atoms with Crippen LogP contribution in [-0.4, -0.2) is 16.6 Å². The molecule has 86 valence electrons. The Labute approximate surface area is 101 Å². The van der Waals surface area contributed by atoms with E-state index < -0.39 is 0 Å². The van der Waals surface area contributed by atoms with E-state index in [0.717, 1.165) is 0 Å². The first kappa shape index (κ1) is 11.5. The molecule has 2 aromatic rings. The average molecular weight is 226 g/mol. The van der Waals surface area contributed by atoms with Gasteiger partial charge in [0.2, 0.25) is 0 Å². The number of nitrogens with zero attached hydrogens (tertiary/aromatic N) is 2. The molecule has 2 rings (SSSR count). The third-order valence-corrected chi connectivity index (χ3v) is 2.18. The molecule has 0 N–H and O–H groups in total. The van der Waals surface area contributed by atoms with Crippen molar-refractivity contribution in [1.82, 2.24) is 9.97 Å². The molecule has 1 aromatic carbocycles. The summed E-state index contributed by atoms with van der Waals surface area (Å²) in [5.41, 5.74) is 1.18. The molecule has 0 fully saturated rings. The molecule has 0 atom stereocenters. The summed E-state index contributed by atoms with van der Waals surface area (Å²) in [6, 6.07) is 11.9. The van der Waals surface area contributed by atoms with E-state index in [1.54, 1.807) is 18.5 Å². The van der Waals surface area contributed by atoms with Crippen molar-refractivity contribution in [3.8, 4) is 0 Å². The van der Waals surface area contributed by atoms with Gasteiger partial charge >= 0.3 is 0 Å². The molecule has 1 aromatic heterocycles. The average Bonchev–Trinajstić information content (AvgIpc) is 2.41. The van der Waals surface area contributed by atoms with Crippen molar-refractivity contribution < 1.29 is 4.74 Å². The number of aromatic nitrogens is 2. The van der Waals surface area contributed by atoms with Gasteiger partial charge in [0.05, 0.1) is 13.2 Å². The van der Waals surface area contributed by atoms with Crippen molar-refractivity contribution >= 4 is 6.08 Å². The number of hydrogen-bond acceptors (Lipinski definition) is 3. The monoisotopic (exact) mass is 226 g/mol. The molecule has 3 nitrogen and oxygen atoms in total. The van der Waals surface area contributed by atoms with Gasteiger partial charge in [-0.05, 0) is 17.7 Å². The summed E-state index contributed by atoms with van der Waals surface area (Å²) in [6.07, 6.45) is 7.21. The third kappa shape index (κ3) is 4.17. The van der Waals surface area contributed by atoms with Crippen LogP contribution in [0.5, 0.6) is 0 Å². The lowest BCUT2D eigenvalue weighted by atomic mass is 10.2. The molecule has 0 aliphatic rings. The Morgan fingerprint density at radius 2 is 1.76 bits per heavy atom. The summed E-state index contributed by atoms with van der Waals surface area (Å²) < 4.78 is 5.50. The van der Waals surface area contributed by atoms with Crippen LogP contribution in [0.2, 0.25) is 0 Å². The Morgan fingerprint density at radius 3 is 2.53 bits per heavy atom. The van der Waals surface area contributed by atoms with Gasteiger partial charge in [-0.1, -0.05) is 36.4 Å². The SMILES string of the molecule is C(=C\c1ncccn1)/COCc1ccccc1. The van der Waals surface area contributed by atoms with Gasteiger partial charge in [-0.25, -0.2) is 9.97 Å². The van der Waals surface area contributed by atoms with Gasteiger partial charge in [-0.2, -0.15) is 0 Å². The highest BCUT2D eigenvalue weighted by molar-refractivity contribution is 5.38. The number of benzene rings is 1.